The largest absolute Gasteiger partial charge is 0.481 e. The maximum Gasteiger partial charge on any atom is 0.306 e. The summed E-state index contributed by atoms with van der Waals surface area (Å²) in [4.78, 5) is 22.6. The summed E-state index contributed by atoms with van der Waals surface area (Å²) in [5, 5.41) is 8.67. The predicted molar refractivity (Wildman–Crippen MR) is 126 cm³/mol. The number of unbranched alkanes of at least 4 members (excludes halogenated alkanes) is 14. The Morgan fingerprint density at radius 1 is 0.600 bits per heavy atom. The molecule has 0 aliphatic carbocycles. The third-order valence-electron chi connectivity index (χ3n) is 5.81. The molecule has 30 heavy (non-hydrogen) atoms. The maximum absolute atomic E-state index is 12.1. The first-order chi connectivity index (χ1) is 14.6. The van der Waals surface area contributed by atoms with Gasteiger partial charge in [-0.25, -0.2) is 0 Å². The van der Waals surface area contributed by atoms with Crippen LogP contribution >= 0.6 is 0 Å². The van der Waals surface area contributed by atoms with Crippen molar-refractivity contribution in [3.05, 3.63) is 0 Å². The fourth-order valence-corrected chi connectivity index (χ4v) is 3.94. The molecular weight excluding hydrogens is 376 g/mol. The van der Waals surface area contributed by atoms with Crippen molar-refractivity contribution in [3.8, 4) is 0 Å². The van der Waals surface area contributed by atoms with Crippen molar-refractivity contribution in [2.75, 3.05) is 0 Å². The molecule has 0 aromatic heterocycles. The summed E-state index contributed by atoms with van der Waals surface area (Å²) in [6, 6.07) is 0. The number of hydrogen-bond acceptors (Lipinski definition) is 3. The van der Waals surface area contributed by atoms with E-state index in [0.29, 0.717) is 12.8 Å². The van der Waals surface area contributed by atoms with Gasteiger partial charge in [0.25, 0.3) is 0 Å². The molecule has 1 unspecified atom stereocenters. The SMILES string of the molecule is CCCCCCCCCCCCCCCC(=O)OC(CCC)CCCCCC(=O)O. The summed E-state index contributed by atoms with van der Waals surface area (Å²) >= 11 is 0. The van der Waals surface area contributed by atoms with Crippen LogP contribution in [0.5, 0.6) is 0 Å². The Hall–Kier alpha value is -1.06. The summed E-state index contributed by atoms with van der Waals surface area (Å²) in [6.07, 6.45) is 23.1. The molecule has 0 rings (SSSR count). The lowest BCUT2D eigenvalue weighted by Crippen LogP contribution is -2.18. The highest BCUT2D eigenvalue weighted by Crippen LogP contribution is 2.16. The summed E-state index contributed by atoms with van der Waals surface area (Å²) in [7, 11) is 0. The third kappa shape index (κ3) is 21.6. The van der Waals surface area contributed by atoms with Gasteiger partial charge in [-0.15, -0.1) is 0 Å². The third-order valence-corrected chi connectivity index (χ3v) is 5.81. The maximum atomic E-state index is 12.1. The van der Waals surface area contributed by atoms with Gasteiger partial charge in [0.1, 0.15) is 6.10 Å². The van der Waals surface area contributed by atoms with Crippen molar-refractivity contribution in [2.24, 2.45) is 0 Å². The van der Waals surface area contributed by atoms with E-state index >= 15 is 0 Å². The van der Waals surface area contributed by atoms with Gasteiger partial charge in [0.05, 0.1) is 0 Å². The Kier molecular flexibility index (Phi) is 21.8. The van der Waals surface area contributed by atoms with Crippen LogP contribution in [0, 0.1) is 0 Å². The summed E-state index contributed by atoms with van der Waals surface area (Å²) in [5.74, 6) is -0.786. The standard InChI is InChI=1S/C26H50O4/c1-3-5-6-7-8-9-10-11-12-13-14-15-19-23-26(29)30-24(20-4-2)21-17-16-18-22-25(27)28/h24H,3-23H2,1-2H3,(H,27,28). The normalized spacial score (nSPS) is 12.1. The fraction of sp³-hybridized carbons (Fsp3) is 0.923. The second kappa shape index (κ2) is 22.6. The van der Waals surface area contributed by atoms with Crippen LogP contribution in [0.1, 0.15) is 149 Å². The van der Waals surface area contributed by atoms with Gasteiger partial charge in [0.2, 0.25) is 0 Å². The quantitative estimate of drug-likeness (QED) is 0.132. The van der Waals surface area contributed by atoms with Crippen molar-refractivity contribution in [1.29, 1.82) is 0 Å². The number of esters is 1. The first kappa shape index (κ1) is 28.9. The predicted octanol–water partition coefficient (Wildman–Crippen LogP) is 8.21. The highest BCUT2D eigenvalue weighted by molar-refractivity contribution is 5.69. The van der Waals surface area contributed by atoms with E-state index in [1.54, 1.807) is 0 Å². The zero-order valence-corrected chi connectivity index (χ0v) is 20.1. The minimum Gasteiger partial charge on any atom is -0.481 e. The fourth-order valence-electron chi connectivity index (χ4n) is 3.94. The molecule has 4 nitrogen and oxygen atoms in total. The molecule has 0 saturated carbocycles. The Morgan fingerprint density at radius 3 is 1.57 bits per heavy atom. The number of carboxylic acids is 1. The molecule has 0 spiro atoms. The zero-order valence-electron chi connectivity index (χ0n) is 20.1. The average molecular weight is 427 g/mol. The number of ether oxygens (including phenoxy) is 1. The molecule has 0 radical (unpaired) electrons. The summed E-state index contributed by atoms with van der Waals surface area (Å²) < 4.78 is 5.67. The van der Waals surface area contributed by atoms with E-state index in [-0.39, 0.29) is 18.5 Å². The van der Waals surface area contributed by atoms with Gasteiger partial charge in [-0.3, -0.25) is 9.59 Å². The highest BCUT2D eigenvalue weighted by atomic mass is 16.5. The minimum absolute atomic E-state index is 0.00861. The van der Waals surface area contributed by atoms with Gasteiger partial charge in [-0.2, -0.15) is 0 Å². The number of rotatable bonds is 23. The minimum atomic E-state index is -0.732. The van der Waals surface area contributed by atoms with Crippen molar-refractivity contribution in [3.63, 3.8) is 0 Å². The van der Waals surface area contributed by atoms with Gasteiger partial charge in [0.15, 0.2) is 0 Å². The Balaban J connectivity index is 3.54. The molecule has 0 aliphatic rings. The van der Waals surface area contributed by atoms with Crippen LogP contribution in [0.2, 0.25) is 0 Å². The van der Waals surface area contributed by atoms with E-state index in [1.165, 1.54) is 70.6 Å². The molecule has 0 fully saturated rings. The number of carboxylic acid groups (broad SMARTS) is 1. The average Bonchev–Trinajstić information content (AvgIpc) is 2.71. The van der Waals surface area contributed by atoms with Gasteiger partial charge >= 0.3 is 11.9 Å². The number of carbonyl (C=O) groups is 2. The molecule has 0 aromatic carbocycles. The second-order valence-corrected chi connectivity index (χ2v) is 8.89. The van der Waals surface area contributed by atoms with Crippen LogP contribution < -0.4 is 0 Å². The lowest BCUT2D eigenvalue weighted by Gasteiger charge is -2.17. The molecule has 0 saturated heterocycles. The van der Waals surface area contributed by atoms with Crippen molar-refractivity contribution in [2.45, 2.75) is 155 Å². The molecule has 178 valence electrons. The van der Waals surface area contributed by atoms with E-state index in [0.717, 1.165) is 44.9 Å². The lowest BCUT2D eigenvalue weighted by molar-refractivity contribution is -0.150. The molecule has 0 heterocycles. The monoisotopic (exact) mass is 426 g/mol. The van der Waals surface area contributed by atoms with E-state index in [2.05, 4.69) is 13.8 Å². The molecule has 4 heteroatoms. The van der Waals surface area contributed by atoms with Gasteiger partial charge < -0.3 is 9.84 Å². The van der Waals surface area contributed by atoms with E-state index in [9.17, 15) is 9.59 Å². The first-order valence-electron chi connectivity index (χ1n) is 13.0. The Labute approximate surface area is 186 Å². The van der Waals surface area contributed by atoms with Crippen LogP contribution in [-0.2, 0) is 14.3 Å². The second-order valence-electron chi connectivity index (χ2n) is 8.89. The van der Waals surface area contributed by atoms with E-state index in [1.807, 2.05) is 0 Å². The highest BCUT2D eigenvalue weighted by Gasteiger charge is 2.13. The van der Waals surface area contributed by atoms with E-state index < -0.39 is 5.97 Å². The smallest absolute Gasteiger partial charge is 0.306 e. The molecule has 1 atom stereocenters. The molecule has 0 bridgehead atoms. The zero-order chi connectivity index (χ0) is 22.3. The molecule has 0 aliphatic heterocycles. The topological polar surface area (TPSA) is 63.6 Å². The van der Waals surface area contributed by atoms with E-state index in [4.69, 9.17) is 9.84 Å². The van der Waals surface area contributed by atoms with Crippen molar-refractivity contribution >= 4 is 11.9 Å². The van der Waals surface area contributed by atoms with Crippen LogP contribution in [0.4, 0.5) is 0 Å². The van der Waals surface area contributed by atoms with Crippen LogP contribution in [-0.4, -0.2) is 23.1 Å². The summed E-state index contributed by atoms with van der Waals surface area (Å²) in [6.45, 7) is 4.37. The van der Waals surface area contributed by atoms with Crippen LogP contribution in [0.3, 0.4) is 0 Å². The lowest BCUT2D eigenvalue weighted by atomic mass is 10.0. The summed E-state index contributed by atoms with van der Waals surface area (Å²) in [5.41, 5.74) is 0. The Morgan fingerprint density at radius 2 is 1.07 bits per heavy atom. The first-order valence-corrected chi connectivity index (χ1v) is 13.0. The molecule has 1 N–H and O–H groups in total. The van der Waals surface area contributed by atoms with Crippen molar-refractivity contribution < 1.29 is 19.4 Å². The van der Waals surface area contributed by atoms with Gasteiger partial charge in [-0.1, -0.05) is 104 Å². The molecule has 0 amide bonds. The van der Waals surface area contributed by atoms with Crippen molar-refractivity contribution in [1.82, 2.24) is 0 Å². The molecule has 0 aromatic rings. The van der Waals surface area contributed by atoms with Crippen LogP contribution in [0.15, 0.2) is 0 Å². The number of aliphatic carboxylic acids is 1. The Bertz CT molecular complexity index is 394. The number of hydrogen-bond donors (Lipinski definition) is 1. The number of carbonyl (C=O) groups excluding carboxylic acids is 1. The van der Waals surface area contributed by atoms with Gasteiger partial charge in [-0.05, 0) is 32.1 Å². The van der Waals surface area contributed by atoms with Gasteiger partial charge in [0, 0.05) is 12.8 Å². The molecular formula is C26H50O4. The van der Waals surface area contributed by atoms with Crippen LogP contribution in [0.25, 0.3) is 0 Å².